The van der Waals surface area contributed by atoms with Crippen molar-refractivity contribution in [2.75, 3.05) is 26.8 Å². The first kappa shape index (κ1) is 18.6. The number of benzene rings is 1. The largest absolute Gasteiger partial charge is 0.383 e. The number of hydrogen-bond acceptors (Lipinski definition) is 6. The predicted octanol–water partition coefficient (Wildman–Crippen LogP) is 1.64. The fraction of sp³-hybridized carbons (Fsp3) is 0.467. The standard InChI is InChI=1S/C15H22N4O2.ClH/c1-20-10-9-19(8-7-13-5-3-2-4-6-13)12-14-17-15(11-16)21-18-14;/h2-6H,7-12,16H2,1H3;1H. The molecule has 0 fully saturated rings. The number of ether oxygens (including phenoxy) is 1. The second-order valence-corrected chi connectivity index (χ2v) is 4.81. The Labute approximate surface area is 137 Å². The van der Waals surface area contributed by atoms with Gasteiger partial charge >= 0.3 is 0 Å². The van der Waals surface area contributed by atoms with E-state index in [0.29, 0.717) is 24.9 Å². The number of methoxy groups -OCH3 is 1. The van der Waals surface area contributed by atoms with Gasteiger partial charge in [-0.15, -0.1) is 12.4 Å². The lowest BCUT2D eigenvalue weighted by atomic mass is 10.1. The Morgan fingerprint density at radius 2 is 2.00 bits per heavy atom. The molecule has 1 aromatic heterocycles. The lowest BCUT2D eigenvalue weighted by Crippen LogP contribution is -2.29. The van der Waals surface area contributed by atoms with E-state index in [9.17, 15) is 0 Å². The average Bonchev–Trinajstić information content (AvgIpc) is 2.98. The Hall–Kier alpha value is -1.47. The van der Waals surface area contributed by atoms with Crippen LogP contribution < -0.4 is 5.73 Å². The molecule has 22 heavy (non-hydrogen) atoms. The smallest absolute Gasteiger partial charge is 0.240 e. The van der Waals surface area contributed by atoms with Crippen LogP contribution in [0.2, 0.25) is 0 Å². The van der Waals surface area contributed by atoms with Crippen molar-refractivity contribution in [2.45, 2.75) is 19.5 Å². The molecule has 0 saturated heterocycles. The Morgan fingerprint density at radius 1 is 1.23 bits per heavy atom. The summed E-state index contributed by atoms with van der Waals surface area (Å²) in [4.78, 5) is 6.50. The van der Waals surface area contributed by atoms with Crippen molar-refractivity contribution in [1.82, 2.24) is 15.0 Å². The van der Waals surface area contributed by atoms with E-state index in [1.54, 1.807) is 7.11 Å². The summed E-state index contributed by atoms with van der Waals surface area (Å²) in [6.07, 6.45) is 0.978. The molecule has 0 amide bonds. The summed E-state index contributed by atoms with van der Waals surface area (Å²) in [5.41, 5.74) is 6.79. The van der Waals surface area contributed by atoms with Crippen LogP contribution in [0.5, 0.6) is 0 Å². The van der Waals surface area contributed by atoms with Crippen molar-refractivity contribution in [3.05, 3.63) is 47.6 Å². The zero-order valence-electron chi connectivity index (χ0n) is 12.8. The van der Waals surface area contributed by atoms with Gasteiger partial charge in [-0.1, -0.05) is 35.5 Å². The molecule has 0 spiro atoms. The van der Waals surface area contributed by atoms with Gasteiger partial charge in [0.15, 0.2) is 5.82 Å². The highest BCUT2D eigenvalue weighted by Crippen LogP contribution is 2.05. The van der Waals surface area contributed by atoms with Crippen LogP contribution in [0.4, 0.5) is 0 Å². The highest BCUT2D eigenvalue weighted by molar-refractivity contribution is 5.85. The van der Waals surface area contributed by atoms with Gasteiger partial charge < -0.3 is 15.0 Å². The number of rotatable bonds is 9. The third-order valence-corrected chi connectivity index (χ3v) is 3.22. The Bertz CT molecular complexity index is 521. The van der Waals surface area contributed by atoms with Crippen molar-refractivity contribution < 1.29 is 9.26 Å². The molecular weight excluding hydrogens is 304 g/mol. The van der Waals surface area contributed by atoms with Gasteiger partial charge in [0, 0.05) is 20.2 Å². The quantitative estimate of drug-likeness (QED) is 0.755. The highest BCUT2D eigenvalue weighted by atomic mass is 35.5. The molecule has 0 unspecified atom stereocenters. The number of halogens is 1. The molecule has 0 atom stereocenters. The molecule has 0 aliphatic heterocycles. The van der Waals surface area contributed by atoms with Crippen molar-refractivity contribution in [2.24, 2.45) is 5.73 Å². The van der Waals surface area contributed by atoms with Crippen LogP contribution in [0.25, 0.3) is 0 Å². The predicted molar refractivity (Wildman–Crippen MR) is 86.7 cm³/mol. The summed E-state index contributed by atoms with van der Waals surface area (Å²) in [6.45, 7) is 3.33. The van der Waals surface area contributed by atoms with Crippen LogP contribution in [0.1, 0.15) is 17.3 Å². The summed E-state index contributed by atoms with van der Waals surface area (Å²) >= 11 is 0. The molecule has 0 aliphatic rings. The SMILES string of the molecule is COCCN(CCc1ccccc1)Cc1noc(CN)n1.Cl. The normalized spacial score (nSPS) is 10.7. The zero-order chi connectivity index (χ0) is 14.9. The van der Waals surface area contributed by atoms with Crippen molar-refractivity contribution >= 4 is 12.4 Å². The van der Waals surface area contributed by atoms with Crippen LogP contribution in [0.15, 0.2) is 34.9 Å². The molecule has 0 aliphatic carbocycles. The van der Waals surface area contributed by atoms with Crippen molar-refractivity contribution in [3.63, 3.8) is 0 Å². The van der Waals surface area contributed by atoms with E-state index in [1.807, 2.05) is 6.07 Å². The second kappa shape index (κ2) is 10.3. The molecule has 0 radical (unpaired) electrons. The highest BCUT2D eigenvalue weighted by Gasteiger charge is 2.11. The van der Waals surface area contributed by atoms with Crippen LogP contribution in [-0.4, -0.2) is 41.8 Å². The zero-order valence-corrected chi connectivity index (χ0v) is 13.6. The maximum Gasteiger partial charge on any atom is 0.240 e. The molecule has 6 nitrogen and oxygen atoms in total. The fourth-order valence-electron chi connectivity index (χ4n) is 2.06. The summed E-state index contributed by atoms with van der Waals surface area (Å²) in [5.74, 6) is 1.14. The van der Waals surface area contributed by atoms with E-state index in [0.717, 1.165) is 19.5 Å². The minimum absolute atomic E-state index is 0. The van der Waals surface area contributed by atoms with Gasteiger partial charge in [-0.3, -0.25) is 4.90 Å². The molecule has 7 heteroatoms. The summed E-state index contributed by atoms with van der Waals surface area (Å²) in [7, 11) is 1.70. The van der Waals surface area contributed by atoms with E-state index in [1.165, 1.54) is 5.56 Å². The van der Waals surface area contributed by atoms with E-state index < -0.39 is 0 Å². The lowest BCUT2D eigenvalue weighted by Gasteiger charge is -2.20. The van der Waals surface area contributed by atoms with E-state index in [2.05, 4.69) is 39.3 Å². The topological polar surface area (TPSA) is 77.4 Å². The molecule has 1 aromatic carbocycles. The minimum Gasteiger partial charge on any atom is -0.383 e. The Morgan fingerprint density at radius 3 is 2.64 bits per heavy atom. The number of nitrogens with zero attached hydrogens (tertiary/aromatic N) is 3. The van der Waals surface area contributed by atoms with Gasteiger partial charge in [0.1, 0.15) is 0 Å². The number of nitrogens with two attached hydrogens (primary N) is 1. The monoisotopic (exact) mass is 326 g/mol. The second-order valence-electron chi connectivity index (χ2n) is 4.81. The summed E-state index contributed by atoms with van der Waals surface area (Å²) in [6, 6.07) is 10.4. The molecule has 2 rings (SSSR count). The molecule has 122 valence electrons. The first-order valence-electron chi connectivity index (χ1n) is 7.08. The minimum atomic E-state index is 0. The van der Waals surface area contributed by atoms with Crippen molar-refractivity contribution in [3.8, 4) is 0 Å². The summed E-state index contributed by atoms with van der Waals surface area (Å²) in [5, 5.41) is 3.94. The number of hydrogen-bond donors (Lipinski definition) is 1. The molecule has 2 aromatic rings. The van der Waals surface area contributed by atoms with Gasteiger partial charge in [0.05, 0.1) is 19.7 Å². The maximum atomic E-state index is 5.48. The van der Waals surface area contributed by atoms with Crippen LogP contribution >= 0.6 is 12.4 Å². The van der Waals surface area contributed by atoms with Gasteiger partial charge in [-0.25, -0.2) is 0 Å². The third-order valence-electron chi connectivity index (χ3n) is 3.22. The third kappa shape index (κ3) is 6.11. The Kier molecular flexibility index (Phi) is 8.69. The van der Waals surface area contributed by atoms with Gasteiger partial charge in [-0.2, -0.15) is 4.98 Å². The van der Waals surface area contributed by atoms with Crippen LogP contribution in [0.3, 0.4) is 0 Å². The fourth-order valence-corrected chi connectivity index (χ4v) is 2.06. The van der Waals surface area contributed by atoms with Crippen LogP contribution in [0, 0.1) is 0 Å². The van der Waals surface area contributed by atoms with E-state index in [4.69, 9.17) is 15.0 Å². The molecule has 0 bridgehead atoms. The summed E-state index contributed by atoms with van der Waals surface area (Å²) < 4.78 is 10.2. The first-order chi connectivity index (χ1) is 10.3. The van der Waals surface area contributed by atoms with E-state index >= 15 is 0 Å². The van der Waals surface area contributed by atoms with E-state index in [-0.39, 0.29) is 19.0 Å². The van der Waals surface area contributed by atoms with Gasteiger partial charge in [0.25, 0.3) is 0 Å². The number of aromatic nitrogens is 2. The maximum absolute atomic E-state index is 5.48. The Balaban J connectivity index is 0.00000242. The first-order valence-corrected chi connectivity index (χ1v) is 7.08. The average molecular weight is 327 g/mol. The van der Waals surface area contributed by atoms with Crippen molar-refractivity contribution in [1.29, 1.82) is 0 Å². The van der Waals surface area contributed by atoms with Gasteiger partial charge in [-0.05, 0) is 12.0 Å². The van der Waals surface area contributed by atoms with Crippen LogP contribution in [-0.2, 0) is 24.2 Å². The molecule has 0 saturated carbocycles. The lowest BCUT2D eigenvalue weighted by molar-refractivity contribution is 0.142. The molecule has 1 heterocycles. The molecular formula is C15H23ClN4O2. The molecule has 2 N–H and O–H groups in total. The van der Waals surface area contributed by atoms with Gasteiger partial charge in [0.2, 0.25) is 5.89 Å².